The van der Waals surface area contributed by atoms with Crippen molar-refractivity contribution in [3.05, 3.63) is 23.8 Å². The second-order valence-electron chi connectivity index (χ2n) is 3.88. The number of benzene rings is 1. The summed E-state index contributed by atoms with van der Waals surface area (Å²) >= 11 is 0. The van der Waals surface area contributed by atoms with E-state index in [1.807, 2.05) is 0 Å². The zero-order valence-electron chi connectivity index (χ0n) is 10.8. The van der Waals surface area contributed by atoms with Gasteiger partial charge in [-0.15, -0.1) is 0 Å². The topological polar surface area (TPSA) is 111 Å². The fraction of sp³-hybridized carbons (Fsp3) is 0.364. The molecule has 0 atom stereocenters. The third kappa shape index (κ3) is 5.14. The van der Waals surface area contributed by atoms with Crippen LogP contribution in [0.5, 0.6) is 5.75 Å². The molecule has 1 amide bonds. The fourth-order valence-electron chi connectivity index (χ4n) is 1.40. The molecule has 0 spiro atoms. The van der Waals surface area contributed by atoms with Gasteiger partial charge in [0.1, 0.15) is 5.75 Å². The van der Waals surface area contributed by atoms with E-state index in [9.17, 15) is 13.2 Å². The van der Waals surface area contributed by atoms with Crippen molar-refractivity contribution < 1.29 is 17.9 Å². The van der Waals surface area contributed by atoms with Crippen LogP contribution in [-0.2, 0) is 10.0 Å². The van der Waals surface area contributed by atoms with Crippen LogP contribution in [-0.4, -0.2) is 40.8 Å². The van der Waals surface area contributed by atoms with Crippen molar-refractivity contribution >= 4 is 21.6 Å². The number of hydrogen-bond donors (Lipinski definition) is 3. The monoisotopic (exact) mass is 287 g/mol. The van der Waals surface area contributed by atoms with Crippen molar-refractivity contribution in [2.45, 2.75) is 0 Å². The molecule has 1 rings (SSSR count). The Balaban J connectivity index is 2.59. The average Bonchev–Trinajstić information content (AvgIpc) is 2.33. The minimum absolute atomic E-state index is 0.127. The highest BCUT2D eigenvalue weighted by Crippen LogP contribution is 2.21. The highest BCUT2D eigenvalue weighted by Gasteiger charge is 2.12. The van der Waals surface area contributed by atoms with Gasteiger partial charge in [0.15, 0.2) is 0 Å². The van der Waals surface area contributed by atoms with Gasteiger partial charge in [0.2, 0.25) is 10.0 Å². The molecule has 0 aliphatic heterocycles. The Morgan fingerprint density at radius 1 is 1.37 bits per heavy atom. The van der Waals surface area contributed by atoms with Crippen LogP contribution in [0.15, 0.2) is 18.2 Å². The standard InChI is InChI=1S/C11H17N3O4S/c1-18-10-7-8(12)3-4-9(10)11(15)13-5-6-14-19(2,16)17/h3-4,7,14H,5-6,12H2,1-2H3,(H,13,15). The van der Waals surface area contributed by atoms with E-state index in [0.717, 1.165) is 6.26 Å². The second-order valence-corrected chi connectivity index (χ2v) is 5.72. The summed E-state index contributed by atoms with van der Waals surface area (Å²) in [7, 11) is -1.81. The summed E-state index contributed by atoms with van der Waals surface area (Å²) in [5, 5.41) is 2.58. The van der Waals surface area contributed by atoms with E-state index >= 15 is 0 Å². The summed E-state index contributed by atoms with van der Waals surface area (Å²) in [5.41, 5.74) is 6.42. The Morgan fingerprint density at radius 3 is 2.63 bits per heavy atom. The highest BCUT2D eigenvalue weighted by molar-refractivity contribution is 7.88. The molecule has 0 saturated heterocycles. The number of nitrogens with one attached hydrogen (secondary N) is 2. The summed E-state index contributed by atoms with van der Waals surface area (Å²) in [6, 6.07) is 4.68. The van der Waals surface area contributed by atoms with E-state index in [1.54, 1.807) is 18.2 Å². The van der Waals surface area contributed by atoms with E-state index in [4.69, 9.17) is 10.5 Å². The van der Waals surface area contributed by atoms with Crippen molar-refractivity contribution in [3.63, 3.8) is 0 Å². The minimum Gasteiger partial charge on any atom is -0.496 e. The molecule has 8 heteroatoms. The molecule has 0 radical (unpaired) electrons. The molecule has 0 fully saturated rings. The van der Waals surface area contributed by atoms with Crippen LogP contribution < -0.4 is 20.5 Å². The Labute approximate surface area is 112 Å². The first kappa shape index (κ1) is 15.3. The first-order valence-electron chi connectivity index (χ1n) is 5.50. The Morgan fingerprint density at radius 2 is 2.05 bits per heavy atom. The quantitative estimate of drug-likeness (QED) is 0.485. The highest BCUT2D eigenvalue weighted by atomic mass is 32.2. The largest absolute Gasteiger partial charge is 0.496 e. The molecule has 1 aromatic carbocycles. The van der Waals surface area contributed by atoms with E-state index in [2.05, 4.69) is 10.0 Å². The van der Waals surface area contributed by atoms with Crippen LogP contribution in [0.1, 0.15) is 10.4 Å². The van der Waals surface area contributed by atoms with Gasteiger partial charge in [-0.25, -0.2) is 13.1 Å². The predicted octanol–water partition coefficient (Wildman–Crippen LogP) is -0.444. The van der Waals surface area contributed by atoms with Crippen LogP contribution in [0.2, 0.25) is 0 Å². The van der Waals surface area contributed by atoms with Crippen LogP contribution in [0, 0.1) is 0 Å². The summed E-state index contributed by atoms with van der Waals surface area (Å²) in [6.45, 7) is 0.307. The first-order chi connectivity index (χ1) is 8.83. The number of ether oxygens (including phenoxy) is 1. The molecule has 0 bridgehead atoms. The second kappa shape index (κ2) is 6.39. The molecule has 106 valence electrons. The number of carbonyl (C=O) groups is 1. The van der Waals surface area contributed by atoms with Gasteiger partial charge in [-0.2, -0.15) is 0 Å². The van der Waals surface area contributed by atoms with Gasteiger partial charge in [-0.1, -0.05) is 0 Å². The number of nitrogens with two attached hydrogens (primary N) is 1. The summed E-state index contributed by atoms with van der Waals surface area (Å²) in [4.78, 5) is 11.9. The zero-order valence-corrected chi connectivity index (χ0v) is 11.6. The van der Waals surface area contributed by atoms with Gasteiger partial charge in [0, 0.05) is 24.8 Å². The van der Waals surface area contributed by atoms with Crippen molar-refractivity contribution in [3.8, 4) is 5.75 Å². The molecule has 0 saturated carbocycles. The number of nitrogen functional groups attached to an aromatic ring is 1. The number of sulfonamides is 1. The van der Waals surface area contributed by atoms with Crippen molar-refractivity contribution in [1.82, 2.24) is 10.0 Å². The molecule has 0 aromatic heterocycles. The van der Waals surface area contributed by atoms with Crippen LogP contribution in [0.3, 0.4) is 0 Å². The molecular formula is C11H17N3O4S. The summed E-state index contributed by atoms with van der Waals surface area (Å²) in [5.74, 6) is 0.0146. The molecule has 19 heavy (non-hydrogen) atoms. The van der Waals surface area contributed by atoms with Crippen molar-refractivity contribution in [1.29, 1.82) is 0 Å². The van der Waals surface area contributed by atoms with Gasteiger partial charge >= 0.3 is 0 Å². The maximum absolute atomic E-state index is 11.9. The van der Waals surface area contributed by atoms with E-state index < -0.39 is 10.0 Å². The lowest BCUT2D eigenvalue weighted by atomic mass is 10.1. The number of hydrogen-bond acceptors (Lipinski definition) is 5. The van der Waals surface area contributed by atoms with Crippen LogP contribution in [0.25, 0.3) is 0 Å². The Kier molecular flexibility index (Phi) is 5.13. The number of amides is 1. The lowest BCUT2D eigenvalue weighted by Crippen LogP contribution is -2.34. The fourth-order valence-corrected chi connectivity index (χ4v) is 1.88. The smallest absolute Gasteiger partial charge is 0.255 e. The minimum atomic E-state index is -3.25. The van der Waals surface area contributed by atoms with Gasteiger partial charge in [0.05, 0.1) is 18.9 Å². The first-order valence-corrected chi connectivity index (χ1v) is 7.39. The van der Waals surface area contributed by atoms with Crippen molar-refractivity contribution in [2.24, 2.45) is 0 Å². The third-order valence-corrected chi connectivity index (χ3v) is 2.97. The van der Waals surface area contributed by atoms with Gasteiger partial charge < -0.3 is 15.8 Å². The molecule has 7 nitrogen and oxygen atoms in total. The predicted molar refractivity (Wildman–Crippen MR) is 72.6 cm³/mol. The lowest BCUT2D eigenvalue weighted by molar-refractivity contribution is 0.0951. The summed E-state index contributed by atoms with van der Waals surface area (Å²) in [6.07, 6.45) is 1.05. The third-order valence-electron chi connectivity index (χ3n) is 2.25. The lowest BCUT2D eigenvalue weighted by Gasteiger charge is -2.10. The molecule has 0 heterocycles. The van der Waals surface area contributed by atoms with Crippen LogP contribution in [0.4, 0.5) is 5.69 Å². The summed E-state index contributed by atoms with van der Waals surface area (Å²) < 4.78 is 29.0. The molecule has 1 aromatic rings. The maximum Gasteiger partial charge on any atom is 0.255 e. The Hall–Kier alpha value is -1.80. The molecule has 4 N–H and O–H groups in total. The van der Waals surface area contributed by atoms with Gasteiger partial charge in [0.25, 0.3) is 5.91 Å². The maximum atomic E-state index is 11.9. The van der Waals surface area contributed by atoms with Gasteiger partial charge in [-0.05, 0) is 12.1 Å². The molecular weight excluding hydrogens is 270 g/mol. The number of carbonyl (C=O) groups excluding carboxylic acids is 1. The number of methoxy groups -OCH3 is 1. The molecule has 0 aliphatic rings. The van der Waals surface area contributed by atoms with E-state index in [0.29, 0.717) is 17.0 Å². The number of rotatable bonds is 6. The normalized spacial score (nSPS) is 11.1. The zero-order chi connectivity index (χ0) is 14.5. The number of anilines is 1. The Bertz CT molecular complexity index is 557. The average molecular weight is 287 g/mol. The van der Waals surface area contributed by atoms with Crippen molar-refractivity contribution in [2.75, 3.05) is 32.2 Å². The SMILES string of the molecule is COc1cc(N)ccc1C(=O)NCCNS(C)(=O)=O. The van der Waals surface area contributed by atoms with E-state index in [-0.39, 0.29) is 19.0 Å². The van der Waals surface area contributed by atoms with Gasteiger partial charge in [-0.3, -0.25) is 4.79 Å². The molecule has 0 unspecified atom stereocenters. The van der Waals surface area contributed by atoms with E-state index in [1.165, 1.54) is 7.11 Å². The molecule has 0 aliphatic carbocycles. The van der Waals surface area contributed by atoms with Crippen LogP contribution >= 0.6 is 0 Å².